The van der Waals surface area contributed by atoms with Crippen LogP contribution in [0.15, 0.2) is 41.2 Å². The lowest BCUT2D eigenvalue weighted by atomic mass is 10.0. The molecule has 1 aromatic carbocycles. The van der Waals surface area contributed by atoms with Crippen LogP contribution in [-0.2, 0) is 6.42 Å². The zero-order valence-electron chi connectivity index (χ0n) is 15.6. The standard InChI is InChI=1S/C20H26N4O/c1-13(12-20-15(3)23-25-16(20)4)22-14(2)18-6-8-19(9-7-18)24-11-10-21-17(24)5/h6-11,13-14,22H,12H2,1-5H3/t13-,14+/m0/s1. The predicted octanol–water partition coefficient (Wildman–Crippen LogP) is 4.07. The number of aromatic nitrogens is 3. The topological polar surface area (TPSA) is 55.9 Å². The van der Waals surface area contributed by atoms with E-state index in [-0.39, 0.29) is 6.04 Å². The average Bonchev–Trinajstić information content (AvgIpc) is 3.15. The van der Waals surface area contributed by atoms with E-state index in [2.05, 4.69) is 58.1 Å². The Hall–Kier alpha value is -2.40. The molecule has 0 aliphatic carbocycles. The van der Waals surface area contributed by atoms with Crippen LogP contribution >= 0.6 is 0 Å². The molecule has 1 N–H and O–H groups in total. The molecule has 5 nitrogen and oxygen atoms in total. The highest BCUT2D eigenvalue weighted by Gasteiger charge is 2.15. The number of aryl methyl sites for hydroxylation is 3. The molecule has 3 rings (SSSR count). The summed E-state index contributed by atoms with van der Waals surface area (Å²) in [5, 5.41) is 7.70. The Morgan fingerprint density at radius 3 is 2.40 bits per heavy atom. The normalized spacial score (nSPS) is 13.8. The van der Waals surface area contributed by atoms with E-state index in [4.69, 9.17) is 4.52 Å². The molecule has 3 aromatic rings. The summed E-state index contributed by atoms with van der Waals surface area (Å²) >= 11 is 0. The van der Waals surface area contributed by atoms with Crippen LogP contribution in [0.5, 0.6) is 0 Å². The second kappa shape index (κ2) is 7.23. The van der Waals surface area contributed by atoms with E-state index in [0.29, 0.717) is 6.04 Å². The molecule has 0 amide bonds. The fourth-order valence-electron chi connectivity index (χ4n) is 3.26. The van der Waals surface area contributed by atoms with E-state index >= 15 is 0 Å². The molecule has 0 bridgehead atoms. The Morgan fingerprint density at radius 2 is 1.84 bits per heavy atom. The van der Waals surface area contributed by atoms with Crippen LogP contribution in [-0.4, -0.2) is 20.7 Å². The highest BCUT2D eigenvalue weighted by atomic mass is 16.5. The second-order valence-electron chi connectivity index (χ2n) is 6.73. The first-order chi connectivity index (χ1) is 12.0. The van der Waals surface area contributed by atoms with Crippen molar-refractivity contribution in [1.82, 2.24) is 20.0 Å². The Bertz CT molecular complexity index is 812. The molecule has 0 unspecified atom stereocenters. The molecule has 0 saturated carbocycles. The van der Waals surface area contributed by atoms with E-state index in [1.807, 2.05) is 33.2 Å². The first kappa shape index (κ1) is 17.4. The molecule has 2 heterocycles. The Balaban J connectivity index is 1.65. The summed E-state index contributed by atoms with van der Waals surface area (Å²) in [5.74, 6) is 1.91. The SMILES string of the molecule is Cc1noc(C)c1C[C@H](C)N[C@H](C)c1ccc(-n2ccnc2C)cc1. The lowest BCUT2D eigenvalue weighted by molar-refractivity contribution is 0.391. The van der Waals surface area contributed by atoms with E-state index < -0.39 is 0 Å². The summed E-state index contributed by atoms with van der Waals surface area (Å²) in [4.78, 5) is 4.28. The van der Waals surface area contributed by atoms with Crippen LogP contribution in [0.1, 0.15) is 48.3 Å². The zero-order valence-corrected chi connectivity index (χ0v) is 15.6. The smallest absolute Gasteiger partial charge is 0.137 e. The largest absolute Gasteiger partial charge is 0.361 e. The van der Waals surface area contributed by atoms with Gasteiger partial charge in [0, 0.05) is 35.7 Å². The van der Waals surface area contributed by atoms with Gasteiger partial charge >= 0.3 is 0 Å². The summed E-state index contributed by atoms with van der Waals surface area (Å²) in [6.45, 7) is 10.4. The molecule has 25 heavy (non-hydrogen) atoms. The average molecular weight is 338 g/mol. The Morgan fingerprint density at radius 1 is 1.12 bits per heavy atom. The number of imidazole rings is 1. The van der Waals surface area contributed by atoms with Crippen molar-refractivity contribution < 1.29 is 4.52 Å². The molecular weight excluding hydrogens is 312 g/mol. The van der Waals surface area contributed by atoms with Gasteiger partial charge in [0.1, 0.15) is 11.6 Å². The molecule has 0 aliphatic heterocycles. The highest BCUT2D eigenvalue weighted by Crippen LogP contribution is 2.19. The minimum absolute atomic E-state index is 0.272. The summed E-state index contributed by atoms with van der Waals surface area (Å²) in [7, 11) is 0. The molecule has 0 aliphatic rings. The van der Waals surface area contributed by atoms with Gasteiger partial charge in [-0.2, -0.15) is 0 Å². The summed E-state index contributed by atoms with van der Waals surface area (Å²) in [6, 6.07) is 9.24. The molecule has 5 heteroatoms. The van der Waals surface area contributed by atoms with Gasteiger partial charge in [0.2, 0.25) is 0 Å². The van der Waals surface area contributed by atoms with Gasteiger partial charge in [-0.25, -0.2) is 4.98 Å². The Kier molecular flexibility index (Phi) is 5.04. The fraction of sp³-hybridized carbons (Fsp3) is 0.400. The molecule has 0 radical (unpaired) electrons. The van der Waals surface area contributed by atoms with Crippen LogP contribution < -0.4 is 5.32 Å². The summed E-state index contributed by atoms with van der Waals surface area (Å²) in [5.41, 5.74) is 4.60. The highest BCUT2D eigenvalue weighted by molar-refractivity contribution is 5.36. The quantitative estimate of drug-likeness (QED) is 0.736. The van der Waals surface area contributed by atoms with Crippen LogP contribution in [0.25, 0.3) is 5.69 Å². The minimum atomic E-state index is 0.272. The monoisotopic (exact) mass is 338 g/mol. The third-order valence-electron chi connectivity index (χ3n) is 4.72. The van der Waals surface area contributed by atoms with E-state index in [0.717, 1.165) is 29.4 Å². The zero-order chi connectivity index (χ0) is 18.0. The van der Waals surface area contributed by atoms with Gasteiger partial charge in [-0.15, -0.1) is 0 Å². The van der Waals surface area contributed by atoms with Crippen molar-refractivity contribution in [3.05, 3.63) is 65.1 Å². The number of benzene rings is 1. The van der Waals surface area contributed by atoms with Crippen molar-refractivity contribution >= 4 is 0 Å². The van der Waals surface area contributed by atoms with Crippen LogP contribution in [0, 0.1) is 20.8 Å². The molecule has 0 saturated heterocycles. The minimum Gasteiger partial charge on any atom is -0.361 e. The van der Waals surface area contributed by atoms with Crippen LogP contribution in [0.2, 0.25) is 0 Å². The molecular formula is C20H26N4O. The lowest BCUT2D eigenvalue weighted by Gasteiger charge is -2.21. The van der Waals surface area contributed by atoms with Gasteiger partial charge in [0.05, 0.1) is 5.69 Å². The maximum Gasteiger partial charge on any atom is 0.137 e. The third kappa shape index (κ3) is 3.82. The number of nitrogens with one attached hydrogen (secondary N) is 1. The van der Waals surface area contributed by atoms with Crippen molar-refractivity contribution in [2.75, 3.05) is 0 Å². The number of hydrogen-bond acceptors (Lipinski definition) is 4. The molecule has 2 atom stereocenters. The summed E-state index contributed by atoms with van der Waals surface area (Å²) in [6.07, 6.45) is 4.72. The van der Waals surface area contributed by atoms with Gasteiger partial charge in [-0.3, -0.25) is 0 Å². The van der Waals surface area contributed by atoms with Gasteiger partial charge in [0.15, 0.2) is 0 Å². The van der Waals surface area contributed by atoms with Crippen molar-refractivity contribution in [3.63, 3.8) is 0 Å². The Labute approximate surface area is 149 Å². The van der Waals surface area contributed by atoms with Crippen LogP contribution in [0.3, 0.4) is 0 Å². The first-order valence-electron chi connectivity index (χ1n) is 8.73. The molecule has 2 aromatic heterocycles. The number of nitrogens with zero attached hydrogens (tertiary/aromatic N) is 3. The maximum absolute atomic E-state index is 5.26. The lowest BCUT2D eigenvalue weighted by Crippen LogP contribution is -2.31. The third-order valence-corrected chi connectivity index (χ3v) is 4.72. The van der Waals surface area contributed by atoms with E-state index in [9.17, 15) is 0 Å². The van der Waals surface area contributed by atoms with Gasteiger partial charge in [-0.1, -0.05) is 17.3 Å². The molecule has 0 spiro atoms. The van der Waals surface area contributed by atoms with Crippen molar-refractivity contribution in [2.24, 2.45) is 0 Å². The van der Waals surface area contributed by atoms with Gasteiger partial charge < -0.3 is 14.4 Å². The second-order valence-corrected chi connectivity index (χ2v) is 6.73. The molecule has 132 valence electrons. The maximum atomic E-state index is 5.26. The summed E-state index contributed by atoms with van der Waals surface area (Å²) < 4.78 is 7.34. The van der Waals surface area contributed by atoms with Crippen LogP contribution in [0.4, 0.5) is 0 Å². The predicted molar refractivity (Wildman–Crippen MR) is 99.0 cm³/mol. The number of rotatable bonds is 6. The van der Waals surface area contributed by atoms with Gasteiger partial charge in [-0.05, 0) is 58.7 Å². The fourth-order valence-corrected chi connectivity index (χ4v) is 3.26. The van der Waals surface area contributed by atoms with Crippen molar-refractivity contribution in [1.29, 1.82) is 0 Å². The van der Waals surface area contributed by atoms with E-state index in [1.165, 1.54) is 11.1 Å². The van der Waals surface area contributed by atoms with Crippen molar-refractivity contribution in [3.8, 4) is 5.69 Å². The van der Waals surface area contributed by atoms with Crippen molar-refractivity contribution in [2.45, 2.75) is 53.1 Å². The molecule has 0 fully saturated rings. The van der Waals surface area contributed by atoms with E-state index in [1.54, 1.807) is 0 Å². The number of hydrogen-bond donors (Lipinski definition) is 1. The first-order valence-corrected chi connectivity index (χ1v) is 8.73. The van der Waals surface area contributed by atoms with Gasteiger partial charge in [0.25, 0.3) is 0 Å².